The first-order valence-electron chi connectivity index (χ1n) is 22.1. The Bertz CT molecular complexity index is 717. The number of unbranched alkanes of at least 4 members (excludes halogenated alkanes) is 29. The highest BCUT2D eigenvalue weighted by molar-refractivity contribution is 5.80. The van der Waals surface area contributed by atoms with Crippen molar-refractivity contribution in [1.29, 1.82) is 0 Å². The Morgan fingerprint density at radius 3 is 1.18 bits per heavy atom. The molecule has 0 heterocycles. The number of hydrogen-bond acceptors (Lipinski definition) is 5. The van der Waals surface area contributed by atoms with Crippen molar-refractivity contribution in [3.63, 3.8) is 0 Å². The Hall–Kier alpha value is -0.950. The van der Waals surface area contributed by atoms with Gasteiger partial charge in [-0.1, -0.05) is 206 Å². The predicted molar refractivity (Wildman–Crippen MR) is 215 cm³/mol. The van der Waals surface area contributed by atoms with E-state index < -0.39 is 36.9 Å². The van der Waals surface area contributed by atoms with Gasteiger partial charge in [-0.25, -0.2) is 0 Å². The lowest BCUT2D eigenvalue weighted by atomic mass is 9.99. The number of aliphatic hydroxyl groups excluding tert-OH is 4. The van der Waals surface area contributed by atoms with Crippen LogP contribution < -0.4 is 5.32 Å². The smallest absolute Gasteiger partial charge is 0.249 e. The Kier molecular flexibility index (Phi) is 38.5. The van der Waals surface area contributed by atoms with E-state index in [2.05, 4.69) is 31.3 Å². The number of hydrogen-bond donors (Lipinski definition) is 5. The molecule has 298 valence electrons. The van der Waals surface area contributed by atoms with E-state index in [1.54, 1.807) is 0 Å². The van der Waals surface area contributed by atoms with Crippen LogP contribution in [0.4, 0.5) is 0 Å². The average molecular weight is 710 g/mol. The fraction of sp³-hybridized carbons (Fsp3) is 0.932. The Morgan fingerprint density at radius 1 is 0.480 bits per heavy atom. The lowest BCUT2D eigenvalue weighted by Crippen LogP contribution is -2.53. The van der Waals surface area contributed by atoms with Crippen molar-refractivity contribution < 1.29 is 25.2 Å². The minimum Gasteiger partial charge on any atom is -0.394 e. The molecule has 0 aliphatic carbocycles. The number of rotatable bonds is 40. The normalized spacial score (nSPS) is 14.3. The fourth-order valence-electron chi connectivity index (χ4n) is 6.93. The van der Waals surface area contributed by atoms with E-state index >= 15 is 0 Å². The van der Waals surface area contributed by atoms with Crippen molar-refractivity contribution in [2.45, 2.75) is 257 Å². The van der Waals surface area contributed by atoms with Crippen LogP contribution in [0.3, 0.4) is 0 Å². The minimum atomic E-state index is -1.27. The Morgan fingerprint density at radius 2 is 0.800 bits per heavy atom. The molecule has 0 fully saturated rings. The molecule has 0 bridgehead atoms. The highest BCUT2D eigenvalue weighted by Crippen LogP contribution is 2.16. The summed E-state index contributed by atoms with van der Waals surface area (Å²) in [4.78, 5) is 12.5. The van der Waals surface area contributed by atoms with Crippen molar-refractivity contribution in [3.05, 3.63) is 12.2 Å². The number of nitrogens with one attached hydrogen (secondary N) is 1. The first kappa shape index (κ1) is 49.0. The molecule has 0 aromatic rings. The van der Waals surface area contributed by atoms with Gasteiger partial charge in [-0.2, -0.15) is 0 Å². The number of aliphatic hydroxyl groups is 4. The van der Waals surface area contributed by atoms with Crippen LogP contribution in [0.2, 0.25) is 0 Å². The molecule has 0 rings (SSSR count). The third-order valence-corrected chi connectivity index (χ3v) is 10.5. The van der Waals surface area contributed by atoms with Crippen molar-refractivity contribution >= 4 is 5.91 Å². The van der Waals surface area contributed by atoms with Crippen LogP contribution >= 0.6 is 0 Å². The predicted octanol–water partition coefficient (Wildman–Crippen LogP) is 11.4. The van der Waals surface area contributed by atoms with E-state index in [1.807, 2.05) is 0 Å². The molecule has 0 radical (unpaired) electrons. The van der Waals surface area contributed by atoms with E-state index in [-0.39, 0.29) is 0 Å². The Balaban J connectivity index is 3.74. The highest BCUT2D eigenvalue weighted by atomic mass is 16.3. The zero-order valence-corrected chi connectivity index (χ0v) is 33.4. The van der Waals surface area contributed by atoms with E-state index in [0.717, 1.165) is 51.4 Å². The topological polar surface area (TPSA) is 110 Å². The standard InChI is InChI=1S/C44H87NO5/c1-3-5-7-9-11-13-15-17-19-20-21-22-23-24-26-27-29-31-33-35-37-41(47)43(49)40(39-46)45-44(50)42(48)38-36-34-32-30-28-25-18-16-14-12-10-8-6-4-2/h26-27,40-43,46-49H,3-25,28-39H2,1-2H3,(H,45,50)/b27-26-/t40-,41+,42-,43-/m0/s1. The van der Waals surface area contributed by atoms with Crippen LogP contribution in [-0.2, 0) is 4.79 Å². The summed E-state index contributed by atoms with van der Waals surface area (Å²) in [6, 6.07) is -0.989. The summed E-state index contributed by atoms with van der Waals surface area (Å²) in [6.45, 7) is 4.05. The van der Waals surface area contributed by atoms with Crippen molar-refractivity contribution in [2.75, 3.05) is 6.61 Å². The molecule has 0 aliphatic heterocycles. The van der Waals surface area contributed by atoms with Gasteiger partial charge in [0.2, 0.25) is 5.91 Å². The van der Waals surface area contributed by atoms with Gasteiger partial charge < -0.3 is 25.7 Å². The van der Waals surface area contributed by atoms with Crippen molar-refractivity contribution in [3.8, 4) is 0 Å². The summed E-state index contributed by atoms with van der Waals surface area (Å²) in [5.41, 5.74) is 0. The summed E-state index contributed by atoms with van der Waals surface area (Å²) in [5, 5.41) is 43.7. The minimum absolute atomic E-state index is 0.370. The first-order chi connectivity index (χ1) is 24.5. The van der Waals surface area contributed by atoms with Gasteiger partial charge in [0, 0.05) is 0 Å². The maximum atomic E-state index is 12.5. The van der Waals surface area contributed by atoms with Crippen LogP contribution in [-0.4, -0.2) is 57.3 Å². The van der Waals surface area contributed by atoms with Gasteiger partial charge in [-0.05, 0) is 38.5 Å². The molecular weight excluding hydrogens is 622 g/mol. The third-order valence-electron chi connectivity index (χ3n) is 10.5. The van der Waals surface area contributed by atoms with E-state index in [1.165, 1.54) is 154 Å². The first-order valence-corrected chi connectivity index (χ1v) is 22.1. The van der Waals surface area contributed by atoms with Gasteiger partial charge in [-0.3, -0.25) is 4.79 Å². The maximum absolute atomic E-state index is 12.5. The lowest BCUT2D eigenvalue weighted by Gasteiger charge is -2.27. The maximum Gasteiger partial charge on any atom is 0.249 e. The van der Waals surface area contributed by atoms with Gasteiger partial charge in [0.25, 0.3) is 0 Å². The van der Waals surface area contributed by atoms with E-state index in [9.17, 15) is 25.2 Å². The van der Waals surface area contributed by atoms with Crippen LogP contribution in [0.5, 0.6) is 0 Å². The quantitative estimate of drug-likeness (QED) is 0.0321. The number of carbonyl (C=O) groups is 1. The Labute approximate surface area is 311 Å². The molecule has 0 aliphatic rings. The molecule has 50 heavy (non-hydrogen) atoms. The SMILES string of the molecule is CCCCCCCCCCCCCCC/C=C\CCCCC[C@@H](O)[C@@H](O)[C@H](CO)NC(=O)[C@@H](O)CCCCCCCCCCCCCCCC. The van der Waals surface area contributed by atoms with Crippen LogP contribution in [0.1, 0.15) is 232 Å². The molecule has 0 spiro atoms. The highest BCUT2D eigenvalue weighted by Gasteiger charge is 2.28. The molecule has 6 nitrogen and oxygen atoms in total. The molecule has 0 aromatic heterocycles. The van der Waals surface area contributed by atoms with Gasteiger partial charge in [0.1, 0.15) is 12.2 Å². The number of amides is 1. The van der Waals surface area contributed by atoms with Gasteiger partial charge in [-0.15, -0.1) is 0 Å². The third kappa shape index (κ3) is 32.9. The van der Waals surface area contributed by atoms with Crippen molar-refractivity contribution in [1.82, 2.24) is 5.32 Å². The van der Waals surface area contributed by atoms with Gasteiger partial charge in [0.15, 0.2) is 0 Å². The van der Waals surface area contributed by atoms with E-state index in [4.69, 9.17) is 0 Å². The summed E-state index contributed by atoms with van der Waals surface area (Å²) in [5.74, 6) is -0.587. The fourth-order valence-corrected chi connectivity index (χ4v) is 6.93. The second-order valence-corrected chi connectivity index (χ2v) is 15.4. The summed E-state index contributed by atoms with van der Waals surface area (Å²) >= 11 is 0. The molecule has 1 amide bonds. The molecule has 0 saturated carbocycles. The second-order valence-electron chi connectivity index (χ2n) is 15.4. The van der Waals surface area contributed by atoms with E-state index in [0.29, 0.717) is 12.8 Å². The molecular formula is C44H87NO5. The van der Waals surface area contributed by atoms with Gasteiger partial charge >= 0.3 is 0 Å². The lowest BCUT2D eigenvalue weighted by molar-refractivity contribution is -0.132. The molecule has 0 saturated heterocycles. The van der Waals surface area contributed by atoms with Crippen LogP contribution in [0.15, 0.2) is 12.2 Å². The molecule has 6 heteroatoms. The average Bonchev–Trinajstić information content (AvgIpc) is 3.12. The second kappa shape index (κ2) is 39.3. The molecule has 0 unspecified atom stereocenters. The zero-order chi connectivity index (χ0) is 36.8. The van der Waals surface area contributed by atoms with Crippen LogP contribution in [0.25, 0.3) is 0 Å². The molecule has 5 N–H and O–H groups in total. The van der Waals surface area contributed by atoms with Crippen molar-refractivity contribution in [2.24, 2.45) is 0 Å². The molecule has 0 aromatic carbocycles. The largest absolute Gasteiger partial charge is 0.394 e. The summed E-state index contributed by atoms with van der Waals surface area (Å²) in [7, 11) is 0. The monoisotopic (exact) mass is 710 g/mol. The summed E-state index contributed by atoms with van der Waals surface area (Å²) < 4.78 is 0. The zero-order valence-electron chi connectivity index (χ0n) is 33.4. The molecule has 4 atom stereocenters. The van der Waals surface area contributed by atoms with Crippen LogP contribution in [0, 0.1) is 0 Å². The number of allylic oxidation sites excluding steroid dienone is 2. The van der Waals surface area contributed by atoms with Gasteiger partial charge in [0.05, 0.1) is 18.8 Å². The summed E-state index contributed by atoms with van der Waals surface area (Å²) in [6.07, 6.45) is 42.4. The number of carbonyl (C=O) groups excluding carboxylic acids is 1.